The van der Waals surface area contributed by atoms with Crippen molar-refractivity contribution in [3.05, 3.63) is 22.2 Å². The van der Waals surface area contributed by atoms with E-state index in [0.29, 0.717) is 0 Å². The highest BCUT2D eigenvalue weighted by Gasteiger charge is 2.10. The van der Waals surface area contributed by atoms with Gasteiger partial charge in [0, 0.05) is 12.1 Å². The zero-order valence-corrected chi connectivity index (χ0v) is 10.8. The van der Waals surface area contributed by atoms with Crippen LogP contribution in [0.1, 0.15) is 12.5 Å². The largest absolute Gasteiger partial charge is 0.496 e. The minimum atomic E-state index is 0.110. The molecule has 1 aromatic rings. The average Bonchev–Trinajstić information content (AvgIpc) is 2.17. The van der Waals surface area contributed by atoms with Gasteiger partial charge in [0.15, 0.2) is 0 Å². The van der Waals surface area contributed by atoms with Crippen LogP contribution in [0.2, 0.25) is 0 Å². The third kappa shape index (κ3) is 3.11. The quantitative estimate of drug-likeness (QED) is 0.916. The first-order valence-electron chi connectivity index (χ1n) is 4.74. The zero-order chi connectivity index (χ0) is 11.4. The number of rotatable bonds is 4. The topological polar surface area (TPSA) is 44.5 Å². The SMILES string of the molecule is COc1cc(OC)c(C[C@@H](C)N)cc1Br. The summed E-state index contributed by atoms with van der Waals surface area (Å²) in [7, 11) is 3.28. The zero-order valence-electron chi connectivity index (χ0n) is 9.21. The summed E-state index contributed by atoms with van der Waals surface area (Å²) >= 11 is 3.44. The fourth-order valence-corrected chi connectivity index (χ4v) is 1.98. The molecule has 15 heavy (non-hydrogen) atoms. The van der Waals surface area contributed by atoms with Gasteiger partial charge in [-0.1, -0.05) is 0 Å². The fraction of sp³-hybridized carbons (Fsp3) is 0.455. The molecule has 0 saturated carbocycles. The molecule has 0 aliphatic rings. The van der Waals surface area contributed by atoms with E-state index in [1.807, 2.05) is 19.1 Å². The molecule has 0 amide bonds. The molecule has 1 atom stereocenters. The van der Waals surface area contributed by atoms with Crippen LogP contribution in [0, 0.1) is 0 Å². The lowest BCUT2D eigenvalue weighted by molar-refractivity contribution is 0.388. The van der Waals surface area contributed by atoms with Crippen molar-refractivity contribution in [2.75, 3.05) is 14.2 Å². The maximum absolute atomic E-state index is 5.77. The Morgan fingerprint density at radius 2 is 1.87 bits per heavy atom. The Hall–Kier alpha value is -0.740. The van der Waals surface area contributed by atoms with Crippen LogP contribution in [0.25, 0.3) is 0 Å². The summed E-state index contributed by atoms with van der Waals surface area (Å²) in [4.78, 5) is 0. The van der Waals surface area contributed by atoms with Crippen LogP contribution in [-0.2, 0) is 6.42 Å². The van der Waals surface area contributed by atoms with Crippen LogP contribution in [0.4, 0.5) is 0 Å². The van der Waals surface area contributed by atoms with Gasteiger partial charge in [-0.3, -0.25) is 0 Å². The molecule has 0 aliphatic heterocycles. The normalized spacial score (nSPS) is 12.3. The van der Waals surface area contributed by atoms with Gasteiger partial charge < -0.3 is 15.2 Å². The predicted octanol–water partition coefficient (Wildman–Crippen LogP) is 2.36. The number of ether oxygens (including phenoxy) is 2. The number of halogens is 1. The van der Waals surface area contributed by atoms with E-state index in [9.17, 15) is 0 Å². The molecule has 0 radical (unpaired) electrons. The number of hydrogen-bond donors (Lipinski definition) is 1. The molecule has 0 aromatic heterocycles. The highest BCUT2D eigenvalue weighted by Crippen LogP contribution is 2.33. The van der Waals surface area contributed by atoms with Gasteiger partial charge in [0.25, 0.3) is 0 Å². The van der Waals surface area contributed by atoms with Crippen molar-refractivity contribution < 1.29 is 9.47 Å². The summed E-state index contributed by atoms with van der Waals surface area (Å²) in [5.41, 5.74) is 6.85. The molecule has 0 unspecified atom stereocenters. The average molecular weight is 274 g/mol. The number of nitrogens with two attached hydrogens (primary N) is 1. The summed E-state index contributed by atoms with van der Waals surface area (Å²) in [6, 6.07) is 3.96. The van der Waals surface area contributed by atoms with Crippen LogP contribution in [-0.4, -0.2) is 20.3 Å². The van der Waals surface area contributed by atoms with E-state index in [4.69, 9.17) is 15.2 Å². The first kappa shape index (κ1) is 12.3. The van der Waals surface area contributed by atoms with E-state index in [2.05, 4.69) is 15.9 Å². The molecule has 3 nitrogen and oxygen atoms in total. The third-order valence-electron chi connectivity index (χ3n) is 2.10. The van der Waals surface area contributed by atoms with Crippen molar-refractivity contribution in [2.45, 2.75) is 19.4 Å². The molecule has 0 spiro atoms. The van der Waals surface area contributed by atoms with Gasteiger partial charge >= 0.3 is 0 Å². The van der Waals surface area contributed by atoms with Gasteiger partial charge in [0.05, 0.1) is 18.7 Å². The second-order valence-corrected chi connectivity index (χ2v) is 4.33. The van der Waals surface area contributed by atoms with Crippen LogP contribution < -0.4 is 15.2 Å². The molecular formula is C11H16BrNO2. The lowest BCUT2D eigenvalue weighted by Crippen LogP contribution is -2.18. The van der Waals surface area contributed by atoms with Gasteiger partial charge in [-0.25, -0.2) is 0 Å². The van der Waals surface area contributed by atoms with Crippen LogP contribution >= 0.6 is 15.9 Å². The summed E-state index contributed by atoms with van der Waals surface area (Å²) in [5.74, 6) is 1.58. The van der Waals surface area contributed by atoms with E-state index in [1.165, 1.54) is 0 Å². The standard InChI is InChI=1S/C11H16BrNO2/c1-7(13)4-8-5-9(12)11(15-3)6-10(8)14-2/h5-7H,4,13H2,1-3H3/t7-/m1/s1. The smallest absolute Gasteiger partial charge is 0.136 e. The van der Waals surface area contributed by atoms with Gasteiger partial charge in [0.1, 0.15) is 11.5 Å². The highest BCUT2D eigenvalue weighted by atomic mass is 79.9. The van der Waals surface area contributed by atoms with Crippen molar-refractivity contribution in [1.82, 2.24) is 0 Å². The Kier molecular flexibility index (Phi) is 4.42. The van der Waals surface area contributed by atoms with E-state index < -0.39 is 0 Å². The highest BCUT2D eigenvalue weighted by molar-refractivity contribution is 9.10. The lowest BCUT2D eigenvalue weighted by atomic mass is 10.1. The predicted molar refractivity (Wildman–Crippen MR) is 64.6 cm³/mol. The maximum atomic E-state index is 5.77. The van der Waals surface area contributed by atoms with E-state index in [1.54, 1.807) is 14.2 Å². The Labute approximate surface area is 98.7 Å². The van der Waals surface area contributed by atoms with Crippen molar-refractivity contribution in [2.24, 2.45) is 5.73 Å². The van der Waals surface area contributed by atoms with Gasteiger partial charge in [0.2, 0.25) is 0 Å². The van der Waals surface area contributed by atoms with Gasteiger partial charge in [-0.15, -0.1) is 0 Å². The molecule has 0 heterocycles. The van der Waals surface area contributed by atoms with Gasteiger partial charge in [-0.2, -0.15) is 0 Å². The summed E-state index contributed by atoms with van der Waals surface area (Å²) in [6.45, 7) is 1.97. The Bertz CT molecular complexity index is 340. The minimum absolute atomic E-state index is 0.110. The second kappa shape index (κ2) is 5.37. The summed E-state index contributed by atoms with van der Waals surface area (Å²) in [6.07, 6.45) is 0.783. The number of benzene rings is 1. The van der Waals surface area contributed by atoms with E-state index in [0.717, 1.165) is 28.0 Å². The molecule has 84 valence electrons. The van der Waals surface area contributed by atoms with Crippen molar-refractivity contribution in [3.63, 3.8) is 0 Å². The maximum Gasteiger partial charge on any atom is 0.136 e. The molecule has 0 saturated heterocycles. The van der Waals surface area contributed by atoms with E-state index in [-0.39, 0.29) is 6.04 Å². The molecule has 2 N–H and O–H groups in total. The summed E-state index contributed by atoms with van der Waals surface area (Å²) < 4.78 is 11.4. The Morgan fingerprint density at radius 3 is 2.33 bits per heavy atom. The number of hydrogen-bond acceptors (Lipinski definition) is 3. The molecule has 4 heteroatoms. The molecule has 1 rings (SSSR count). The molecule has 1 aromatic carbocycles. The van der Waals surface area contributed by atoms with Crippen LogP contribution in [0.5, 0.6) is 11.5 Å². The minimum Gasteiger partial charge on any atom is -0.496 e. The molecule has 0 aliphatic carbocycles. The Morgan fingerprint density at radius 1 is 1.27 bits per heavy atom. The number of methoxy groups -OCH3 is 2. The van der Waals surface area contributed by atoms with E-state index >= 15 is 0 Å². The fourth-order valence-electron chi connectivity index (χ4n) is 1.43. The third-order valence-corrected chi connectivity index (χ3v) is 2.72. The Balaban J connectivity index is 3.09. The van der Waals surface area contributed by atoms with Gasteiger partial charge in [-0.05, 0) is 40.9 Å². The monoisotopic (exact) mass is 273 g/mol. The van der Waals surface area contributed by atoms with Crippen molar-refractivity contribution >= 4 is 15.9 Å². The van der Waals surface area contributed by atoms with Crippen molar-refractivity contribution in [3.8, 4) is 11.5 Å². The first-order valence-corrected chi connectivity index (χ1v) is 5.53. The molecular weight excluding hydrogens is 258 g/mol. The lowest BCUT2D eigenvalue weighted by Gasteiger charge is -2.13. The first-order chi connectivity index (χ1) is 7.08. The molecule has 0 fully saturated rings. The van der Waals surface area contributed by atoms with Crippen LogP contribution in [0.15, 0.2) is 16.6 Å². The molecule has 0 bridgehead atoms. The summed E-state index contributed by atoms with van der Waals surface area (Å²) in [5, 5.41) is 0. The second-order valence-electron chi connectivity index (χ2n) is 3.48. The van der Waals surface area contributed by atoms with Crippen LogP contribution in [0.3, 0.4) is 0 Å². The van der Waals surface area contributed by atoms with Crippen molar-refractivity contribution in [1.29, 1.82) is 0 Å².